The summed E-state index contributed by atoms with van der Waals surface area (Å²) in [6.07, 6.45) is 0.164. The summed E-state index contributed by atoms with van der Waals surface area (Å²) in [6.45, 7) is 8.58. The molecule has 160 valence electrons. The van der Waals surface area contributed by atoms with Gasteiger partial charge in [-0.25, -0.2) is 4.98 Å². The van der Waals surface area contributed by atoms with Gasteiger partial charge in [0.1, 0.15) is 5.76 Å². The van der Waals surface area contributed by atoms with Crippen LogP contribution >= 0.6 is 11.3 Å². The van der Waals surface area contributed by atoms with Crippen molar-refractivity contribution in [2.24, 2.45) is 5.92 Å². The number of carbonyl (C=O) groups excluding carboxylic acids is 1. The minimum absolute atomic E-state index is 0.115. The minimum atomic E-state index is -0.186. The van der Waals surface area contributed by atoms with Crippen LogP contribution in [0.4, 0.5) is 0 Å². The van der Waals surface area contributed by atoms with Crippen molar-refractivity contribution in [2.75, 3.05) is 13.7 Å². The Kier molecular flexibility index (Phi) is 7.15. The Morgan fingerprint density at radius 1 is 1.23 bits per heavy atom. The summed E-state index contributed by atoms with van der Waals surface area (Å²) in [5, 5.41) is 4.99. The van der Waals surface area contributed by atoms with Crippen LogP contribution in [0.1, 0.15) is 43.8 Å². The molecule has 7 heteroatoms. The van der Waals surface area contributed by atoms with Crippen molar-refractivity contribution < 1.29 is 18.7 Å². The number of hydrogen-bond donors (Lipinski definition) is 1. The molecule has 0 radical (unpaired) electrons. The lowest BCUT2D eigenvalue weighted by atomic mass is 10.1. The third-order valence-corrected chi connectivity index (χ3v) is 5.45. The van der Waals surface area contributed by atoms with Crippen molar-refractivity contribution in [1.29, 1.82) is 0 Å². The first-order valence-electron chi connectivity index (χ1n) is 9.97. The molecule has 1 unspecified atom stereocenters. The van der Waals surface area contributed by atoms with Gasteiger partial charge in [0, 0.05) is 0 Å². The molecule has 0 fully saturated rings. The van der Waals surface area contributed by atoms with Gasteiger partial charge in [0.25, 0.3) is 0 Å². The molecule has 0 spiro atoms. The molecule has 6 nitrogen and oxygen atoms in total. The largest absolute Gasteiger partial charge is 0.493 e. The number of rotatable bonds is 9. The fraction of sp³-hybridized carbons (Fsp3) is 0.391. The maximum absolute atomic E-state index is 12.6. The molecule has 0 saturated carbocycles. The van der Waals surface area contributed by atoms with Crippen molar-refractivity contribution >= 4 is 17.2 Å². The number of benzene rings is 1. The summed E-state index contributed by atoms with van der Waals surface area (Å²) in [6, 6.07) is 9.43. The van der Waals surface area contributed by atoms with Gasteiger partial charge in [0.05, 0.1) is 36.8 Å². The summed E-state index contributed by atoms with van der Waals surface area (Å²) < 4.78 is 17.0. The van der Waals surface area contributed by atoms with Crippen LogP contribution in [-0.2, 0) is 11.2 Å². The van der Waals surface area contributed by atoms with E-state index >= 15 is 0 Å². The second kappa shape index (κ2) is 9.80. The highest BCUT2D eigenvalue weighted by Crippen LogP contribution is 2.31. The Morgan fingerprint density at radius 3 is 2.70 bits per heavy atom. The Balaban J connectivity index is 1.64. The molecule has 2 heterocycles. The quantitative estimate of drug-likeness (QED) is 0.509. The van der Waals surface area contributed by atoms with E-state index < -0.39 is 0 Å². The van der Waals surface area contributed by atoms with E-state index in [1.807, 2.05) is 49.6 Å². The van der Waals surface area contributed by atoms with E-state index in [1.165, 1.54) is 0 Å². The van der Waals surface area contributed by atoms with E-state index in [-0.39, 0.29) is 18.4 Å². The van der Waals surface area contributed by atoms with Gasteiger partial charge < -0.3 is 19.2 Å². The standard InChI is InChI=1S/C23H28N2O4S/c1-14(2)13-28-19-9-8-17(11-20(19)27-5)15(3)24-22(26)12-18-16(4)29-23(25-18)21-7-6-10-30-21/h6-11,14-15H,12-13H2,1-5H3,(H,24,26). The zero-order chi connectivity index (χ0) is 21.7. The zero-order valence-corrected chi connectivity index (χ0v) is 18.8. The van der Waals surface area contributed by atoms with Crippen LogP contribution in [0.5, 0.6) is 11.5 Å². The summed E-state index contributed by atoms with van der Waals surface area (Å²) in [7, 11) is 1.61. The molecule has 0 aliphatic heterocycles. The van der Waals surface area contributed by atoms with Gasteiger partial charge in [-0.2, -0.15) is 0 Å². The first-order chi connectivity index (χ1) is 14.4. The number of aromatic nitrogens is 1. The molecule has 30 heavy (non-hydrogen) atoms. The number of nitrogens with one attached hydrogen (secondary N) is 1. The van der Waals surface area contributed by atoms with Gasteiger partial charge in [-0.3, -0.25) is 4.79 Å². The van der Waals surface area contributed by atoms with E-state index in [0.717, 1.165) is 10.4 Å². The number of ether oxygens (including phenoxy) is 2. The van der Waals surface area contributed by atoms with E-state index in [4.69, 9.17) is 13.9 Å². The summed E-state index contributed by atoms with van der Waals surface area (Å²) in [4.78, 5) is 18.0. The number of nitrogens with zero attached hydrogens (tertiary/aromatic N) is 1. The smallest absolute Gasteiger partial charge is 0.236 e. The lowest BCUT2D eigenvalue weighted by Gasteiger charge is -2.17. The Morgan fingerprint density at radius 2 is 2.03 bits per heavy atom. The Labute approximate surface area is 181 Å². The van der Waals surface area contributed by atoms with E-state index in [2.05, 4.69) is 24.1 Å². The predicted octanol–water partition coefficient (Wildman–Crippen LogP) is 5.17. The van der Waals surface area contributed by atoms with Crippen LogP contribution in [0, 0.1) is 12.8 Å². The molecular weight excluding hydrogens is 400 g/mol. The molecule has 1 aromatic carbocycles. The molecule has 3 aromatic rings. The molecule has 0 saturated heterocycles. The van der Waals surface area contributed by atoms with Crippen LogP contribution in [0.2, 0.25) is 0 Å². The topological polar surface area (TPSA) is 73.6 Å². The predicted molar refractivity (Wildman–Crippen MR) is 118 cm³/mol. The van der Waals surface area contributed by atoms with Crippen molar-refractivity contribution in [1.82, 2.24) is 10.3 Å². The lowest BCUT2D eigenvalue weighted by molar-refractivity contribution is -0.121. The van der Waals surface area contributed by atoms with E-state index in [9.17, 15) is 4.79 Å². The molecular formula is C23H28N2O4S. The average Bonchev–Trinajstić information content (AvgIpc) is 3.36. The molecule has 2 aromatic heterocycles. The number of thiophene rings is 1. The summed E-state index contributed by atoms with van der Waals surface area (Å²) >= 11 is 1.56. The number of carbonyl (C=O) groups is 1. The van der Waals surface area contributed by atoms with Crippen LogP contribution in [0.3, 0.4) is 0 Å². The summed E-state index contributed by atoms with van der Waals surface area (Å²) in [5.74, 6) is 2.88. The maximum Gasteiger partial charge on any atom is 0.236 e. The Hall–Kier alpha value is -2.80. The van der Waals surface area contributed by atoms with Crippen LogP contribution in [-0.4, -0.2) is 24.6 Å². The van der Waals surface area contributed by atoms with Crippen molar-refractivity contribution in [2.45, 2.75) is 40.2 Å². The first-order valence-corrected chi connectivity index (χ1v) is 10.9. The van der Waals surface area contributed by atoms with Gasteiger partial charge in [0.2, 0.25) is 11.8 Å². The normalized spacial score (nSPS) is 12.1. The van der Waals surface area contributed by atoms with Gasteiger partial charge in [-0.15, -0.1) is 11.3 Å². The molecule has 3 rings (SSSR count). The van der Waals surface area contributed by atoms with E-state index in [0.29, 0.717) is 41.4 Å². The van der Waals surface area contributed by atoms with Gasteiger partial charge in [-0.05, 0) is 48.9 Å². The van der Waals surface area contributed by atoms with E-state index in [1.54, 1.807) is 18.4 Å². The molecule has 1 N–H and O–H groups in total. The van der Waals surface area contributed by atoms with Gasteiger partial charge in [0.15, 0.2) is 11.5 Å². The molecule has 0 aliphatic carbocycles. The van der Waals surface area contributed by atoms with Crippen LogP contribution in [0.25, 0.3) is 10.8 Å². The fourth-order valence-electron chi connectivity index (χ4n) is 2.95. The van der Waals surface area contributed by atoms with Crippen LogP contribution < -0.4 is 14.8 Å². The lowest BCUT2D eigenvalue weighted by Crippen LogP contribution is -2.28. The number of oxazole rings is 1. The third-order valence-electron chi connectivity index (χ3n) is 4.59. The fourth-order valence-corrected chi connectivity index (χ4v) is 3.60. The number of hydrogen-bond acceptors (Lipinski definition) is 6. The van der Waals surface area contributed by atoms with Crippen molar-refractivity contribution in [3.05, 3.63) is 52.7 Å². The number of methoxy groups -OCH3 is 1. The maximum atomic E-state index is 12.6. The van der Waals surface area contributed by atoms with Crippen molar-refractivity contribution in [3.63, 3.8) is 0 Å². The second-order valence-corrected chi connectivity index (χ2v) is 8.53. The highest BCUT2D eigenvalue weighted by molar-refractivity contribution is 7.13. The summed E-state index contributed by atoms with van der Waals surface area (Å²) in [5.41, 5.74) is 1.59. The molecule has 0 aliphatic rings. The molecule has 1 amide bonds. The Bertz CT molecular complexity index is 979. The van der Waals surface area contributed by atoms with Crippen molar-refractivity contribution in [3.8, 4) is 22.3 Å². The monoisotopic (exact) mass is 428 g/mol. The highest BCUT2D eigenvalue weighted by atomic mass is 32.1. The first kappa shape index (κ1) is 21.9. The second-order valence-electron chi connectivity index (χ2n) is 7.58. The third kappa shape index (κ3) is 5.42. The van der Waals surface area contributed by atoms with Gasteiger partial charge >= 0.3 is 0 Å². The number of amides is 1. The molecule has 0 bridgehead atoms. The minimum Gasteiger partial charge on any atom is -0.493 e. The number of aryl methyl sites for hydroxylation is 1. The molecule has 1 atom stereocenters. The SMILES string of the molecule is COc1cc(C(C)NC(=O)Cc2nc(-c3cccs3)oc2C)ccc1OCC(C)C. The van der Waals surface area contributed by atoms with Gasteiger partial charge in [-0.1, -0.05) is 26.0 Å². The zero-order valence-electron chi connectivity index (χ0n) is 18.0. The highest BCUT2D eigenvalue weighted by Gasteiger charge is 2.18. The average molecular weight is 429 g/mol. The van der Waals surface area contributed by atoms with Crippen LogP contribution in [0.15, 0.2) is 40.1 Å².